The molecule has 0 aliphatic carbocycles. The molecule has 0 aliphatic rings. The van der Waals surface area contributed by atoms with Crippen molar-refractivity contribution in [1.82, 2.24) is 0 Å². The highest BCUT2D eigenvalue weighted by atomic mass is 16.6. The van der Waals surface area contributed by atoms with Gasteiger partial charge >= 0.3 is 11.9 Å². The number of carbonyl (C=O) groups excluding carboxylic acids is 1. The summed E-state index contributed by atoms with van der Waals surface area (Å²) < 4.78 is 5.34. The Bertz CT molecular complexity index is 727. The largest absolute Gasteiger partial charge is 0.479 e. The van der Waals surface area contributed by atoms with Crippen LogP contribution in [0.25, 0.3) is 0 Å². The second kappa shape index (κ2) is 39.9. The zero-order valence-electron chi connectivity index (χ0n) is 32.3. The number of esters is 1. The molecule has 0 aromatic heterocycles. The van der Waals surface area contributed by atoms with E-state index in [1.165, 1.54) is 167 Å². The summed E-state index contributed by atoms with van der Waals surface area (Å²) in [6.07, 6.45) is 50.8. The lowest BCUT2D eigenvalue weighted by Gasteiger charge is -2.13. The molecular formula is C44H82O4. The standard InChI is InChI=1S/C44H82O4/c1-3-5-7-9-11-13-15-17-19-21-23-25-27-29-31-33-35-37-39-41-43(45)48-42(44(46)47)40-38-36-34-32-30-28-26-24-22-20-18-16-14-12-10-8-6-4-2/h11,13,17,19,42H,3-10,12,14-16,18,20-41H2,1-2H3,(H,46,47)/b13-11-,19-17-. The molecule has 0 aromatic rings. The van der Waals surface area contributed by atoms with Crippen LogP contribution < -0.4 is 0 Å². The highest BCUT2D eigenvalue weighted by Crippen LogP contribution is 2.17. The van der Waals surface area contributed by atoms with Gasteiger partial charge in [0.1, 0.15) is 0 Å². The van der Waals surface area contributed by atoms with Gasteiger partial charge in [-0.1, -0.05) is 205 Å². The van der Waals surface area contributed by atoms with Crippen molar-refractivity contribution in [3.63, 3.8) is 0 Å². The van der Waals surface area contributed by atoms with Crippen LogP contribution in [0.2, 0.25) is 0 Å². The maximum atomic E-state index is 12.2. The van der Waals surface area contributed by atoms with Gasteiger partial charge in [-0.15, -0.1) is 0 Å². The molecule has 1 N–H and O–H groups in total. The summed E-state index contributed by atoms with van der Waals surface area (Å²) in [7, 11) is 0. The summed E-state index contributed by atoms with van der Waals surface area (Å²) in [5.74, 6) is -1.35. The van der Waals surface area contributed by atoms with Gasteiger partial charge in [0.25, 0.3) is 0 Å². The van der Waals surface area contributed by atoms with E-state index in [-0.39, 0.29) is 5.97 Å². The van der Waals surface area contributed by atoms with E-state index in [1.54, 1.807) is 0 Å². The van der Waals surface area contributed by atoms with Crippen LogP contribution in [0, 0.1) is 0 Å². The second-order valence-corrected chi connectivity index (χ2v) is 14.5. The van der Waals surface area contributed by atoms with Gasteiger partial charge in [0.2, 0.25) is 0 Å². The maximum Gasteiger partial charge on any atom is 0.345 e. The molecule has 1 atom stereocenters. The Hall–Kier alpha value is -1.58. The summed E-state index contributed by atoms with van der Waals surface area (Å²) in [5.41, 5.74) is 0. The molecule has 4 nitrogen and oxygen atoms in total. The third-order valence-corrected chi connectivity index (χ3v) is 9.70. The van der Waals surface area contributed by atoms with Crippen LogP contribution in [0.3, 0.4) is 0 Å². The Kier molecular flexibility index (Phi) is 38.5. The second-order valence-electron chi connectivity index (χ2n) is 14.5. The van der Waals surface area contributed by atoms with Crippen LogP contribution >= 0.6 is 0 Å². The van der Waals surface area contributed by atoms with Crippen molar-refractivity contribution in [2.75, 3.05) is 0 Å². The number of unbranched alkanes of at least 4 members (excludes halogenated alkanes) is 29. The van der Waals surface area contributed by atoms with E-state index in [2.05, 4.69) is 38.2 Å². The van der Waals surface area contributed by atoms with Gasteiger partial charge in [-0.05, 0) is 51.4 Å². The summed E-state index contributed by atoms with van der Waals surface area (Å²) in [6.45, 7) is 4.53. The first kappa shape index (κ1) is 46.4. The smallest absolute Gasteiger partial charge is 0.345 e. The van der Waals surface area contributed by atoms with E-state index in [0.717, 1.165) is 44.9 Å². The molecule has 0 bridgehead atoms. The normalized spacial score (nSPS) is 12.4. The van der Waals surface area contributed by atoms with Crippen LogP contribution in [0.5, 0.6) is 0 Å². The first-order chi connectivity index (χ1) is 23.6. The third-order valence-electron chi connectivity index (χ3n) is 9.70. The number of allylic oxidation sites excluding steroid dienone is 4. The summed E-state index contributed by atoms with van der Waals surface area (Å²) in [4.78, 5) is 23.9. The molecule has 0 heterocycles. The van der Waals surface area contributed by atoms with Gasteiger partial charge in [0.15, 0.2) is 6.10 Å². The molecule has 0 aliphatic heterocycles. The number of rotatable bonds is 39. The molecular weight excluding hydrogens is 592 g/mol. The molecule has 0 aromatic carbocycles. The van der Waals surface area contributed by atoms with Crippen molar-refractivity contribution in [1.29, 1.82) is 0 Å². The molecule has 0 amide bonds. The zero-order valence-corrected chi connectivity index (χ0v) is 32.3. The minimum Gasteiger partial charge on any atom is -0.479 e. The summed E-state index contributed by atoms with van der Waals surface area (Å²) in [6, 6.07) is 0. The Balaban J connectivity index is 3.52. The van der Waals surface area contributed by atoms with Crippen LogP contribution in [-0.4, -0.2) is 23.1 Å². The van der Waals surface area contributed by atoms with Crippen LogP contribution in [0.1, 0.15) is 239 Å². The fraction of sp³-hybridized carbons (Fsp3) is 0.864. The number of ether oxygens (including phenoxy) is 1. The van der Waals surface area contributed by atoms with Crippen molar-refractivity contribution in [2.45, 2.75) is 245 Å². The number of carboxylic acids is 1. The van der Waals surface area contributed by atoms with E-state index in [9.17, 15) is 14.7 Å². The van der Waals surface area contributed by atoms with Crippen molar-refractivity contribution in [3.05, 3.63) is 24.3 Å². The predicted octanol–water partition coefficient (Wildman–Crippen LogP) is 14.8. The molecule has 48 heavy (non-hydrogen) atoms. The van der Waals surface area contributed by atoms with Crippen molar-refractivity contribution < 1.29 is 19.4 Å². The highest BCUT2D eigenvalue weighted by Gasteiger charge is 2.21. The molecule has 0 rings (SSSR count). The topological polar surface area (TPSA) is 63.6 Å². The first-order valence-corrected chi connectivity index (χ1v) is 21.3. The fourth-order valence-corrected chi connectivity index (χ4v) is 6.47. The third kappa shape index (κ3) is 37.2. The van der Waals surface area contributed by atoms with E-state index >= 15 is 0 Å². The van der Waals surface area contributed by atoms with E-state index in [0.29, 0.717) is 12.8 Å². The minimum absolute atomic E-state index is 0.338. The molecule has 0 radical (unpaired) electrons. The molecule has 0 saturated carbocycles. The number of carboxylic acid groups (broad SMARTS) is 1. The molecule has 282 valence electrons. The average Bonchev–Trinajstić information content (AvgIpc) is 3.08. The zero-order chi connectivity index (χ0) is 35.0. The van der Waals surface area contributed by atoms with Crippen LogP contribution in [0.4, 0.5) is 0 Å². The SMILES string of the molecule is CCCCC/C=C\C/C=C\CCCCCCCCCCCC(=O)OC(CCCCCCCCCCCCCCCCCCCC)C(=O)O. The Morgan fingerprint density at radius 2 is 0.792 bits per heavy atom. The van der Waals surface area contributed by atoms with Gasteiger partial charge in [0, 0.05) is 6.42 Å². The summed E-state index contributed by atoms with van der Waals surface area (Å²) in [5, 5.41) is 9.52. The lowest BCUT2D eigenvalue weighted by molar-refractivity contribution is -0.164. The molecule has 0 spiro atoms. The predicted molar refractivity (Wildman–Crippen MR) is 209 cm³/mol. The van der Waals surface area contributed by atoms with E-state index in [4.69, 9.17) is 4.74 Å². The van der Waals surface area contributed by atoms with Crippen molar-refractivity contribution in [2.24, 2.45) is 0 Å². The van der Waals surface area contributed by atoms with Gasteiger partial charge in [-0.2, -0.15) is 0 Å². The summed E-state index contributed by atoms with van der Waals surface area (Å²) >= 11 is 0. The Morgan fingerprint density at radius 1 is 0.458 bits per heavy atom. The molecule has 0 fully saturated rings. The van der Waals surface area contributed by atoms with Crippen LogP contribution in [0.15, 0.2) is 24.3 Å². The fourth-order valence-electron chi connectivity index (χ4n) is 6.47. The van der Waals surface area contributed by atoms with E-state index < -0.39 is 12.1 Å². The van der Waals surface area contributed by atoms with Crippen molar-refractivity contribution in [3.8, 4) is 0 Å². The Morgan fingerprint density at radius 3 is 1.21 bits per heavy atom. The molecule has 4 heteroatoms. The van der Waals surface area contributed by atoms with Gasteiger partial charge < -0.3 is 9.84 Å². The Labute approximate surface area is 299 Å². The monoisotopic (exact) mass is 675 g/mol. The quantitative estimate of drug-likeness (QED) is 0.0400. The number of aliphatic carboxylic acids is 1. The van der Waals surface area contributed by atoms with Gasteiger partial charge in [0.05, 0.1) is 0 Å². The number of hydrogen-bond donors (Lipinski definition) is 1. The highest BCUT2D eigenvalue weighted by molar-refractivity contribution is 5.77. The van der Waals surface area contributed by atoms with Crippen LogP contribution in [-0.2, 0) is 14.3 Å². The first-order valence-electron chi connectivity index (χ1n) is 21.3. The maximum absolute atomic E-state index is 12.2. The number of carbonyl (C=O) groups is 2. The van der Waals surface area contributed by atoms with Crippen molar-refractivity contribution >= 4 is 11.9 Å². The molecule has 1 unspecified atom stereocenters. The average molecular weight is 675 g/mol. The minimum atomic E-state index is -1.00. The lowest BCUT2D eigenvalue weighted by atomic mass is 10.0. The van der Waals surface area contributed by atoms with E-state index in [1.807, 2.05) is 0 Å². The van der Waals surface area contributed by atoms with Gasteiger partial charge in [-0.25, -0.2) is 4.79 Å². The molecule has 0 saturated heterocycles. The lowest BCUT2D eigenvalue weighted by Crippen LogP contribution is -2.27. The van der Waals surface area contributed by atoms with Gasteiger partial charge in [-0.3, -0.25) is 4.79 Å². The number of hydrogen-bond acceptors (Lipinski definition) is 3.